The van der Waals surface area contributed by atoms with Crippen LogP contribution in [0.3, 0.4) is 0 Å². The lowest BCUT2D eigenvalue weighted by atomic mass is 10.1. The quantitative estimate of drug-likeness (QED) is 0.669. The molecule has 1 unspecified atom stereocenters. The van der Waals surface area contributed by atoms with E-state index in [0.29, 0.717) is 13.1 Å². The number of β-amino-alcohol motifs (C(OH)–C–C–N with tert-alkyl or cyclic N) is 1. The van der Waals surface area contributed by atoms with Crippen molar-refractivity contribution in [3.05, 3.63) is 0 Å². The summed E-state index contributed by atoms with van der Waals surface area (Å²) in [7, 11) is 0. The Morgan fingerprint density at radius 3 is 2.71 bits per heavy atom. The van der Waals surface area contributed by atoms with Crippen LogP contribution in [-0.4, -0.2) is 59.2 Å². The summed E-state index contributed by atoms with van der Waals surface area (Å²) in [6.07, 6.45) is -0.458. The number of ether oxygens (including phenoxy) is 1. The zero-order valence-electron chi connectivity index (χ0n) is 9.23. The zero-order chi connectivity index (χ0) is 10.8. The van der Waals surface area contributed by atoms with Crippen molar-refractivity contribution in [2.24, 2.45) is 0 Å². The van der Waals surface area contributed by atoms with Gasteiger partial charge >= 0.3 is 0 Å². The summed E-state index contributed by atoms with van der Waals surface area (Å²) < 4.78 is 5.66. The second-order valence-corrected chi connectivity index (χ2v) is 4.73. The second-order valence-electron chi connectivity index (χ2n) is 4.73. The summed E-state index contributed by atoms with van der Waals surface area (Å²) in [4.78, 5) is 2.13. The molecule has 84 valence electrons. The zero-order valence-corrected chi connectivity index (χ0v) is 9.23. The molecular formula is C10H21NO3. The molecule has 1 aliphatic rings. The molecule has 0 aromatic carbocycles. The summed E-state index contributed by atoms with van der Waals surface area (Å²) in [6.45, 7) is 7.96. The van der Waals surface area contributed by atoms with Crippen LogP contribution in [-0.2, 0) is 4.74 Å². The van der Waals surface area contributed by atoms with Crippen molar-refractivity contribution < 1.29 is 14.9 Å². The summed E-state index contributed by atoms with van der Waals surface area (Å²) in [5.74, 6) is 0. The predicted octanol–water partition coefficient (Wildman–Crippen LogP) is -0.161. The molecule has 0 amide bonds. The van der Waals surface area contributed by atoms with Crippen molar-refractivity contribution >= 4 is 0 Å². The number of nitrogens with zero attached hydrogens (tertiary/aromatic N) is 1. The van der Waals surface area contributed by atoms with Crippen molar-refractivity contribution in [1.82, 2.24) is 4.90 Å². The summed E-state index contributed by atoms with van der Waals surface area (Å²) in [5, 5.41) is 18.3. The Morgan fingerprint density at radius 1 is 1.57 bits per heavy atom. The summed E-state index contributed by atoms with van der Waals surface area (Å²) in [5.41, 5.74) is -0.236. The highest BCUT2D eigenvalue weighted by atomic mass is 16.5. The van der Waals surface area contributed by atoms with Crippen LogP contribution in [0.15, 0.2) is 0 Å². The van der Waals surface area contributed by atoms with Crippen LogP contribution in [0.1, 0.15) is 20.8 Å². The van der Waals surface area contributed by atoms with Crippen molar-refractivity contribution in [2.75, 3.05) is 26.2 Å². The van der Waals surface area contributed by atoms with E-state index in [1.807, 2.05) is 13.8 Å². The fraction of sp³-hybridized carbons (Fsp3) is 1.00. The Labute approximate surface area is 85.5 Å². The Kier molecular flexibility index (Phi) is 3.89. The van der Waals surface area contributed by atoms with E-state index in [1.54, 1.807) is 6.92 Å². The number of hydrogen-bond acceptors (Lipinski definition) is 4. The Balaban J connectivity index is 2.52. The fourth-order valence-electron chi connectivity index (χ4n) is 2.02. The molecule has 0 spiro atoms. The standard InChI is InChI=1S/C10H21NO3/c1-8(13)4-11-5-9(6-12)14-10(2,3)7-11/h8-9,12-13H,4-7H2,1-3H3/t8-,9?/m1/s1. The number of aliphatic hydroxyl groups is 2. The van der Waals surface area contributed by atoms with E-state index in [4.69, 9.17) is 9.84 Å². The van der Waals surface area contributed by atoms with E-state index >= 15 is 0 Å². The first-order valence-corrected chi connectivity index (χ1v) is 5.12. The van der Waals surface area contributed by atoms with Crippen LogP contribution < -0.4 is 0 Å². The van der Waals surface area contributed by atoms with Crippen molar-refractivity contribution in [3.8, 4) is 0 Å². The lowest BCUT2D eigenvalue weighted by Gasteiger charge is -2.42. The van der Waals surface area contributed by atoms with Crippen LogP contribution in [0, 0.1) is 0 Å². The average Bonchev–Trinajstić information content (AvgIpc) is 1.99. The first kappa shape index (κ1) is 11.9. The van der Waals surface area contributed by atoms with Gasteiger partial charge in [0.25, 0.3) is 0 Å². The molecule has 4 heteroatoms. The summed E-state index contributed by atoms with van der Waals surface area (Å²) >= 11 is 0. The molecule has 1 aliphatic heterocycles. The maximum absolute atomic E-state index is 9.29. The highest BCUT2D eigenvalue weighted by Crippen LogP contribution is 2.20. The van der Waals surface area contributed by atoms with Crippen molar-refractivity contribution in [2.45, 2.75) is 38.6 Å². The van der Waals surface area contributed by atoms with Crippen molar-refractivity contribution in [3.63, 3.8) is 0 Å². The molecule has 0 saturated carbocycles. The molecule has 0 aliphatic carbocycles. The molecule has 1 heterocycles. The van der Waals surface area contributed by atoms with Crippen LogP contribution in [0.5, 0.6) is 0 Å². The van der Waals surface area contributed by atoms with Gasteiger partial charge in [-0.1, -0.05) is 0 Å². The number of hydrogen-bond donors (Lipinski definition) is 2. The van der Waals surface area contributed by atoms with E-state index in [9.17, 15) is 5.11 Å². The molecule has 2 N–H and O–H groups in total. The van der Waals surface area contributed by atoms with Crippen LogP contribution in [0.2, 0.25) is 0 Å². The van der Waals surface area contributed by atoms with Crippen LogP contribution in [0.25, 0.3) is 0 Å². The minimum Gasteiger partial charge on any atom is -0.394 e. The molecule has 4 nitrogen and oxygen atoms in total. The monoisotopic (exact) mass is 203 g/mol. The third kappa shape index (κ3) is 3.53. The predicted molar refractivity (Wildman–Crippen MR) is 54.2 cm³/mol. The molecule has 1 saturated heterocycles. The van der Waals surface area contributed by atoms with Gasteiger partial charge in [-0.2, -0.15) is 0 Å². The fourth-order valence-corrected chi connectivity index (χ4v) is 2.02. The molecule has 2 atom stereocenters. The molecule has 1 fully saturated rings. The van der Waals surface area contributed by atoms with Gasteiger partial charge in [-0.05, 0) is 20.8 Å². The van der Waals surface area contributed by atoms with E-state index in [0.717, 1.165) is 6.54 Å². The van der Waals surface area contributed by atoms with Gasteiger partial charge < -0.3 is 14.9 Å². The Hall–Kier alpha value is -0.160. The molecule has 0 aromatic rings. The Bertz CT molecular complexity index is 182. The number of morpholine rings is 1. The highest BCUT2D eigenvalue weighted by Gasteiger charge is 2.33. The normalized spacial score (nSPS) is 30.2. The van der Waals surface area contributed by atoms with Gasteiger partial charge in [0.1, 0.15) is 0 Å². The highest BCUT2D eigenvalue weighted by molar-refractivity contribution is 4.84. The van der Waals surface area contributed by atoms with E-state index in [-0.39, 0.29) is 24.4 Å². The third-order valence-corrected chi connectivity index (χ3v) is 2.28. The molecule has 0 radical (unpaired) electrons. The first-order valence-electron chi connectivity index (χ1n) is 5.12. The minimum absolute atomic E-state index is 0.0414. The smallest absolute Gasteiger partial charge is 0.0940 e. The van der Waals surface area contributed by atoms with Crippen LogP contribution >= 0.6 is 0 Å². The molecule has 0 aromatic heterocycles. The average molecular weight is 203 g/mol. The lowest BCUT2D eigenvalue weighted by molar-refractivity contribution is -0.152. The van der Waals surface area contributed by atoms with Gasteiger partial charge in [-0.25, -0.2) is 0 Å². The largest absolute Gasteiger partial charge is 0.394 e. The van der Waals surface area contributed by atoms with Gasteiger partial charge in [-0.15, -0.1) is 0 Å². The van der Waals surface area contributed by atoms with Gasteiger partial charge in [0.15, 0.2) is 0 Å². The topological polar surface area (TPSA) is 52.9 Å². The lowest BCUT2D eigenvalue weighted by Crippen LogP contribution is -2.55. The van der Waals surface area contributed by atoms with Crippen LogP contribution in [0.4, 0.5) is 0 Å². The molecule has 14 heavy (non-hydrogen) atoms. The number of rotatable bonds is 3. The van der Waals surface area contributed by atoms with Gasteiger partial charge in [0.05, 0.1) is 24.4 Å². The van der Waals surface area contributed by atoms with Crippen molar-refractivity contribution in [1.29, 1.82) is 0 Å². The molecule has 0 bridgehead atoms. The second kappa shape index (κ2) is 4.57. The third-order valence-electron chi connectivity index (χ3n) is 2.28. The van der Waals surface area contributed by atoms with E-state index < -0.39 is 0 Å². The first-order chi connectivity index (χ1) is 6.43. The maximum atomic E-state index is 9.29. The maximum Gasteiger partial charge on any atom is 0.0940 e. The van der Waals surface area contributed by atoms with E-state index in [2.05, 4.69) is 4.90 Å². The SMILES string of the molecule is C[C@@H](O)CN1CC(CO)OC(C)(C)C1. The summed E-state index contributed by atoms with van der Waals surface area (Å²) in [6, 6.07) is 0. The minimum atomic E-state index is -0.330. The van der Waals surface area contributed by atoms with Gasteiger partial charge in [0, 0.05) is 19.6 Å². The Morgan fingerprint density at radius 2 is 2.21 bits per heavy atom. The van der Waals surface area contributed by atoms with E-state index in [1.165, 1.54) is 0 Å². The molecule has 1 rings (SSSR count). The van der Waals surface area contributed by atoms with Gasteiger partial charge in [0.2, 0.25) is 0 Å². The number of aliphatic hydroxyl groups excluding tert-OH is 2. The molecular weight excluding hydrogens is 182 g/mol. The van der Waals surface area contributed by atoms with Gasteiger partial charge in [-0.3, -0.25) is 4.90 Å².